The fourth-order valence-corrected chi connectivity index (χ4v) is 2.11. The normalized spacial score (nSPS) is 12.0. The summed E-state index contributed by atoms with van der Waals surface area (Å²) < 4.78 is 13.7. The Hall–Kier alpha value is -2.36. The fourth-order valence-electron chi connectivity index (χ4n) is 2.11. The maximum atomic E-state index is 13.7. The second-order valence-electron chi connectivity index (χ2n) is 5.09. The van der Waals surface area contributed by atoms with Crippen molar-refractivity contribution in [2.45, 2.75) is 26.3 Å². The van der Waals surface area contributed by atoms with Crippen molar-refractivity contribution in [3.8, 4) is 0 Å². The number of nitrogens with one attached hydrogen (secondary N) is 1. The van der Waals surface area contributed by atoms with Crippen LogP contribution in [-0.4, -0.2) is 11.1 Å². The Morgan fingerprint density at radius 3 is 2.48 bits per heavy atom. The first-order chi connectivity index (χ1) is 9.99. The summed E-state index contributed by atoms with van der Waals surface area (Å²) in [5.74, 6) is -1.64. The summed E-state index contributed by atoms with van der Waals surface area (Å²) in [5, 5.41) is 12.0. The molecule has 0 amide bonds. The Morgan fingerprint density at radius 2 is 1.90 bits per heavy atom. The molecule has 1 atom stereocenters. The van der Waals surface area contributed by atoms with Gasteiger partial charge in [-0.3, -0.25) is 4.79 Å². The van der Waals surface area contributed by atoms with Gasteiger partial charge in [0.2, 0.25) is 0 Å². The number of halogens is 1. The van der Waals surface area contributed by atoms with Gasteiger partial charge in [0.15, 0.2) is 0 Å². The van der Waals surface area contributed by atoms with Crippen LogP contribution in [0.2, 0.25) is 0 Å². The zero-order valence-electron chi connectivity index (χ0n) is 12.1. The fraction of sp³-hybridized carbons (Fsp3) is 0.235. The minimum atomic E-state index is -0.845. The molecule has 0 bridgehead atoms. The molecule has 3 nitrogen and oxygen atoms in total. The Morgan fingerprint density at radius 1 is 1.24 bits per heavy atom. The Kier molecular flexibility index (Phi) is 4.58. The van der Waals surface area contributed by atoms with E-state index in [2.05, 4.69) is 5.32 Å². The molecule has 0 fully saturated rings. The highest BCUT2D eigenvalue weighted by atomic mass is 19.1. The molecular weight excluding hydrogens is 269 g/mol. The summed E-state index contributed by atoms with van der Waals surface area (Å²) >= 11 is 0. The zero-order chi connectivity index (χ0) is 15.4. The second-order valence-corrected chi connectivity index (χ2v) is 5.09. The van der Waals surface area contributed by atoms with Gasteiger partial charge in [-0.15, -0.1) is 0 Å². The molecule has 2 aromatic carbocycles. The quantitative estimate of drug-likeness (QED) is 0.876. The number of aryl methyl sites for hydroxylation is 1. The van der Waals surface area contributed by atoms with Gasteiger partial charge in [-0.1, -0.05) is 36.4 Å². The van der Waals surface area contributed by atoms with Crippen LogP contribution >= 0.6 is 0 Å². The number of benzene rings is 2. The van der Waals surface area contributed by atoms with Crippen LogP contribution < -0.4 is 5.32 Å². The van der Waals surface area contributed by atoms with Crippen LogP contribution in [0.3, 0.4) is 0 Å². The Bertz CT molecular complexity index is 617. The molecule has 0 spiro atoms. The van der Waals surface area contributed by atoms with E-state index < -0.39 is 11.9 Å². The van der Waals surface area contributed by atoms with Gasteiger partial charge in [0.25, 0.3) is 0 Å². The van der Waals surface area contributed by atoms with E-state index in [-0.39, 0.29) is 5.82 Å². The van der Waals surface area contributed by atoms with E-state index in [1.54, 1.807) is 25.1 Å². The number of anilines is 1. The maximum absolute atomic E-state index is 13.7. The summed E-state index contributed by atoms with van der Waals surface area (Å²) in [6, 6.07) is 12.3. The first-order valence-electron chi connectivity index (χ1n) is 6.79. The predicted molar refractivity (Wildman–Crippen MR) is 81.0 cm³/mol. The molecule has 0 saturated carbocycles. The van der Waals surface area contributed by atoms with Gasteiger partial charge in [-0.05, 0) is 36.6 Å². The van der Waals surface area contributed by atoms with Gasteiger partial charge in [-0.25, -0.2) is 4.39 Å². The van der Waals surface area contributed by atoms with Crippen LogP contribution in [0.4, 0.5) is 10.1 Å². The smallest absolute Gasteiger partial charge is 0.310 e. The molecule has 0 radical (unpaired) electrons. The van der Waals surface area contributed by atoms with E-state index in [9.17, 15) is 9.18 Å². The monoisotopic (exact) mass is 287 g/mol. The molecule has 0 aliphatic rings. The van der Waals surface area contributed by atoms with Crippen LogP contribution in [0.5, 0.6) is 0 Å². The third-order valence-electron chi connectivity index (χ3n) is 3.54. The summed E-state index contributed by atoms with van der Waals surface area (Å²) in [6.45, 7) is 3.99. The van der Waals surface area contributed by atoms with Gasteiger partial charge in [0.1, 0.15) is 5.82 Å². The highest BCUT2D eigenvalue weighted by Crippen LogP contribution is 2.20. The number of aliphatic carboxylic acids is 1. The van der Waals surface area contributed by atoms with Crippen molar-refractivity contribution in [1.29, 1.82) is 0 Å². The lowest BCUT2D eigenvalue weighted by molar-refractivity contribution is -0.138. The van der Waals surface area contributed by atoms with Gasteiger partial charge in [0.05, 0.1) is 11.6 Å². The number of hydrogen-bond donors (Lipinski definition) is 2. The Labute approximate surface area is 123 Å². The first-order valence-corrected chi connectivity index (χ1v) is 6.79. The molecule has 0 saturated heterocycles. The van der Waals surface area contributed by atoms with Crippen molar-refractivity contribution in [1.82, 2.24) is 0 Å². The van der Waals surface area contributed by atoms with E-state index in [4.69, 9.17) is 5.11 Å². The van der Waals surface area contributed by atoms with E-state index in [1.807, 2.05) is 25.1 Å². The highest BCUT2D eigenvalue weighted by molar-refractivity contribution is 5.75. The average molecular weight is 287 g/mol. The zero-order valence-corrected chi connectivity index (χ0v) is 12.1. The summed E-state index contributed by atoms with van der Waals surface area (Å²) in [4.78, 5) is 10.9. The largest absolute Gasteiger partial charge is 0.481 e. The van der Waals surface area contributed by atoms with Crippen LogP contribution in [0, 0.1) is 12.7 Å². The first kappa shape index (κ1) is 15.0. The number of carbonyl (C=O) groups is 1. The third-order valence-corrected chi connectivity index (χ3v) is 3.54. The summed E-state index contributed by atoms with van der Waals surface area (Å²) in [6.07, 6.45) is 0. The lowest BCUT2D eigenvalue weighted by Gasteiger charge is -2.12. The molecular formula is C17H18FNO2. The van der Waals surface area contributed by atoms with Crippen molar-refractivity contribution in [3.05, 3.63) is 65.0 Å². The van der Waals surface area contributed by atoms with Crippen molar-refractivity contribution in [2.75, 3.05) is 5.32 Å². The van der Waals surface area contributed by atoms with Crippen LogP contribution in [0.1, 0.15) is 29.5 Å². The van der Waals surface area contributed by atoms with Gasteiger partial charge in [-0.2, -0.15) is 0 Å². The molecule has 0 heterocycles. The van der Waals surface area contributed by atoms with Gasteiger partial charge < -0.3 is 10.4 Å². The molecule has 2 N–H and O–H groups in total. The van der Waals surface area contributed by atoms with Crippen molar-refractivity contribution >= 4 is 11.7 Å². The molecule has 4 heteroatoms. The van der Waals surface area contributed by atoms with E-state index in [0.29, 0.717) is 12.2 Å². The number of rotatable bonds is 5. The minimum absolute atomic E-state index is 0.272. The lowest BCUT2D eigenvalue weighted by atomic mass is 10.00. The average Bonchev–Trinajstić information content (AvgIpc) is 2.46. The topological polar surface area (TPSA) is 49.3 Å². The second kappa shape index (κ2) is 6.39. The number of carboxylic acids is 1. The van der Waals surface area contributed by atoms with E-state index in [0.717, 1.165) is 16.7 Å². The molecule has 2 aromatic rings. The maximum Gasteiger partial charge on any atom is 0.310 e. The summed E-state index contributed by atoms with van der Waals surface area (Å²) in [7, 11) is 0. The van der Waals surface area contributed by atoms with Crippen molar-refractivity contribution in [3.63, 3.8) is 0 Å². The Balaban J connectivity index is 2.06. The van der Waals surface area contributed by atoms with Gasteiger partial charge in [0, 0.05) is 6.54 Å². The molecule has 1 unspecified atom stereocenters. The van der Waals surface area contributed by atoms with Gasteiger partial charge >= 0.3 is 5.97 Å². The van der Waals surface area contributed by atoms with E-state index in [1.165, 1.54) is 6.07 Å². The predicted octanol–water partition coefficient (Wildman–Crippen LogP) is 3.93. The van der Waals surface area contributed by atoms with Crippen LogP contribution in [0.25, 0.3) is 0 Å². The van der Waals surface area contributed by atoms with E-state index >= 15 is 0 Å². The molecule has 110 valence electrons. The lowest BCUT2D eigenvalue weighted by Crippen LogP contribution is -2.08. The minimum Gasteiger partial charge on any atom is -0.481 e. The molecule has 0 aromatic heterocycles. The number of hydrogen-bond acceptors (Lipinski definition) is 2. The van der Waals surface area contributed by atoms with Crippen molar-refractivity contribution < 1.29 is 14.3 Å². The SMILES string of the molecule is Cc1cccc(F)c1NCc1ccc(C(C)C(=O)O)cc1. The highest BCUT2D eigenvalue weighted by Gasteiger charge is 2.13. The molecule has 2 rings (SSSR count). The number of para-hydroxylation sites is 1. The number of carboxylic acid groups (broad SMARTS) is 1. The summed E-state index contributed by atoms with van der Waals surface area (Å²) in [5.41, 5.74) is 3.08. The molecule has 0 aliphatic heterocycles. The molecule has 21 heavy (non-hydrogen) atoms. The van der Waals surface area contributed by atoms with Crippen LogP contribution in [-0.2, 0) is 11.3 Å². The standard InChI is InChI=1S/C17H18FNO2/c1-11-4-3-5-15(18)16(11)19-10-13-6-8-14(9-7-13)12(2)17(20)21/h3-9,12,19H,10H2,1-2H3,(H,20,21). The van der Waals surface area contributed by atoms with Crippen molar-refractivity contribution in [2.24, 2.45) is 0 Å². The van der Waals surface area contributed by atoms with Crippen LogP contribution in [0.15, 0.2) is 42.5 Å². The molecule has 0 aliphatic carbocycles. The third kappa shape index (κ3) is 3.60.